The summed E-state index contributed by atoms with van der Waals surface area (Å²) in [5.74, 6) is 0. The number of benzene rings is 12. The third-order valence-electron chi connectivity index (χ3n) is 15.2. The van der Waals surface area contributed by atoms with E-state index in [0.717, 1.165) is 122 Å². The van der Waals surface area contributed by atoms with E-state index in [1.807, 2.05) is 12.1 Å². The SMILES string of the molecule is c1ccc(-c2ccc(N(c3ccc(-c4ccccc4)cc3)c3ccc(-c4ccccc4-n4c5ccc(-c6cccc7c6oc6ccccc67)cc5c5cc(-c6cccc7c6oc6ccccc67)ccc54)cc3)cc2)cc1. The Kier molecular flexibility index (Phi) is 10.2. The van der Waals surface area contributed by atoms with Crippen molar-refractivity contribution >= 4 is 82.7 Å². The molecule has 4 nitrogen and oxygen atoms in total. The van der Waals surface area contributed by atoms with Gasteiger partial charge in [-0.05, 0) is 118 Å². The van der Waals surface area contributed by atoms with Crippen molar-refractivity contribution in [3.05, 3.63) is 279 Å². The Morgan fingerprint density at radius 3 is 1.11 bits per heavy atom. The summed E-state index contributed by atoms with van der Waals surface area (Å²) in [7, 11) is 0. The highest BCUT2D eigenvalue weighted by Gasteiger charge is 2.21. The fourth-order valence-electron chi connectivity index (χ4n) is 11.6. The molecule has 0 bridgehead atoms. The van der Waals surface area contributed by atoms with E-state index in [-0.39, 0.29) is 0 Å². The summed E-state index contributed by atoms with van der Waals surface area (Å²) in [4.78, 5) is 2.35. The van der Waals surface area contributed by atoms with E-state index in [1.54, 1.807) is 0 Å². The summed E-state index contributed by atoms with van der Waals surface area (Å²) in [6, 6.07) is 100. The summed E-state index contributed by atoms with van der Waals surface area (Å²) in [5.41, 5.74) is 21.4. The average molecular weight is 971 g/mol. The molecule has 0 aliphatic rings. The first-order valence-corrected chi connectivity index (χ1v) is 25.9. The maximum atomic E-state index is 6.62. The molecule has 0 saturated carbocycles. The second-order valence-corrected chi connectivity index (χ2v) is 19.6. The van der Waals surface area contributed by atoms with Gasteiger partial charge in [0.25, 0.3) is 0 Å². The fourth-order valence-corrected chi connectivity index (χ4v) is 11.6. The van der Waals surface area contributed by atoms with Crippen LogP contribution in [0.4, 0.5) is 17.1 Å². The van der Waals surface area contributed by atoms with Gasteiger partial charge in [0.1, 0.15) is 22.3 Å². The van der Waals surface area contributed by atoms with Gasteiger partial charge < -0.3 is 18.3 Å². The first-order valence-electron chi connectivity index (χ1n) is 25.9. The first kappa shape index (κ1) is 43.4. The van der Waals surface area contributed by atoms with Crippen molar-refractivity contribution < 1.29 is 8.83 Å². The van der Waals surface area contributed by atoms with Crippen LogP contribution in [0, 0.1) is 0 Å². The number of hydrogen-bond donors (Lipinski definition) is 0. The molecule has 76 heavy (non-hydrogen) atoms. The standard InChI is InChI=1S/C72H46N2O2/c1-3-15-47(16-4-1)49-29-37-54(38-30-49)73(55-39-31-50(32-40-55)48-17-5-2-6-18-48)56-41-33-51(34-42-56)57-19-7-10-26-66(57)74-67-43-35-52(58-22-13-24-62-60-20-8-11-27-69(60)75-71(58)62)45-64(67)65-46-53(36-44-68(65)74)59-23-14-25-63-61-21-9-12-28-70(61)76-72(59)63/h1-46H. The van der Waals surface area contributed by atoms with Crippen LogP contribution in [0.1, 0.15) is 0 Å². The van der Waals surface area contributed by atoms with Gasteiger partial charge in [-0.15, -0.1) is 0 Å². The molecule has 3 aromatic heterocycles. The topological polar surface area (TPSA) is 34.5 Å². The van der Waals surface area contributed by atoms with E-state index >= 15 is 0 Å². The number of rotatable bonds is 9. The number of para-hydroxylation sites is 5. The molecule has 0 aliphatic carbocycles. The van der Waals surface area contributed by atoms with Crippen LogP contribution in [0.5, 0.6) is 0 Å². The summed E-state index contributed by atoms with van der Waals surface area (Å²) in [6.07, 6.45) is 0. The summed E-state index contributed by atoms with van der Waals surface area (Å²) in [6.45, 7) is 0. The third kappa shape index (κ3) is 7.22. The summed E-state index contributed by atoms with van der Waals surface area (Å²) < 4.78 is 15.7. The lowest BCUT2D eigenvalue weighted by molar-refractivity contribution is 0.669. The van der Waals surface area contributed by atoms with Gasteiger partial charge in [0.2, 0.25) is 0 Å². The van der Waals surface area contributed by atoms with Crippen LogP contribution in [0.3, 0.4) is 0 Å². The monoisotopic (exact) mass is 970 g/mol. The Balaban J connectivity index is 0.874. The van der Waals surface area contributed by atoms with Gasteiger partial charge >= 0.3 is 0 Å². The molecule has 0 aliphatic heterocycles. The molecule has 0 radical (unpaired) electrons. The van der Waals surface area contributed by atoms with Crippen LogP contribution in [0.15, 0.2) is 288 Å². The normalized spacial score (nSPS) is 11.7. The van der Waals surface area contributed by atoms with E-state index in [1.165, 1.54) is 22.3 Å². The van der Waals surface area contributed by atoms with E-state index in [2.05, 4.69) is 276 Å². The largest absolute Gasteiger partial charge is 0.455 e. The molecule has 4 heteroatoms. The predicted molar refractivity (Wildman–Crippen MR) is 317 cm³/mol. The number of aromatic nitrogens is 1. The first-order chi connectivity index (χ1) is 37.7. The van der Waals surface area contributed by atoms with Crippen molar-refractivity contribution in [2.75, 3.05) is 4.90 Å². The summed E-state index contributed by atoms with van der Waals surface area (Å²) >= 11 is 0. The van der Waals surface area contributed by atoms with Gasteiger partial charge in [-0.2, -0.15) is 0 Å². The Bertz CT molecular complexity index is 4410. The quantitative estimate of drug-likeness (QED) is 0.145. The molecule has 15 aromatic rings. The van der Waals surface area contributed by atoms with Crippen molar-refractivity contribution in [2.45, 2.75) is 0 Å². The number of fused-ring (bicyclic) bond motifs is 9. The molecule has 0 fully saturated rings. The van der Waals surface area contributed by atoms with Crippen molar-refractivity contribution in [3.8, 4) is 61.3 Å². The third-order valence-corrected chi connectivity index (χ3v) is 15.2. The van der Waals surface area contributed by atoms with E-state index < -0.39 is 0 Å². The van der Waals surface area contributed by atoms with Gasteiger partial charge in [-0.3, -0.25) is 0 Å². The second-order valence-electron chi connectivity index (χ2n) is 19.6. The van der Waals surface area contributed by atoms with Crippen LogP contribution < -0.4 is 4.90 Å². The van der Waals surface area contributed by atoms with Gasteiger partial charge in [0.15, 0.2) is 0 Å². The highest BCUT2D eigenvalue weighted by Crippen LogP contribution is 2.44. The minimum Gasteiger partial charge on any atom is -0.455 e. The molecule has 0 saturated heterocycles. The lowest BCUT2D eigenvalue weighted by Gasteiger charge is -2.26. The molecule has 12 aromatic carbocycles. The zero-order valence-corrected chi connectivity index (χ0v) is 41.3. The maximum absolute atomic E-state index is 6.62. The molecule has 0 N–H and O–H groups in total. The van der Waals surface area contributed by atoms with Crippen molar-refractivity contribution in [1.29, 1.82) is 0 Å². The molecule has 0 spiro atoms. The Labute approximate surface area is 439 Å². The Morgan fingerprint density at radius 1 is 0.250 bits per heavy atom. The number of nitrogens with zero attached hydrogens (tertiary/aromatic N) is 2. The molecule has 15 rings (SSSR count). The van der Waals surface area contributed by atoms with Gasteiger partial charge in [0.05, 0.1) is 16.7 Å². The van der Waals surface area contributed by atoms with Crippen LogP contribution in [-0.4, -0.2) is 4.57 Å². The zero-order valence-electron chi connectivity index (χ0n) is 41.3. The van der Waals surface area contributed by atoms with E-state index in [9.17, 15) is 0 Å². The highest BCUT2D eigenvalue weighted by molar-refractivity contribution is 6.16. The van der Waals surface area contributed by atoms with E-state index in [4.69, 9.17) is 8.83 Å². The fraction of sp³-hybridized carbons (Fsp3) is 0. The van der Waals surface area contributed by atoms with E-state index in [0.29, 0.717) is 0 Å². The molecule has 356 valence electrons. The molecule has 0 atom stereocenters. The van der Waals surface area contributed by atoms with Gasteiger partial charge in [0, 0.05) is 66.1 Å². The van der Waals surface area contributed by atoms with Crippen LogP contribution in [-0.2, 0) is 0 Å². The van der Waals surface area contributed by atoms with Crippen LogP contribution >= 0.6 is 0 Å². The number of hydrogen-bond acceptors (Lipinski definition) is 3. The van der Waals surface area contributed by atoms with Gasteiger partial charge in [-0.1, -0.05) is 200 Å². The van der Waals surface area contributed by atoms with Crippen molar-refractivity contribution in [3.63, 3.8) is 0 Å². The molecular weight excluding hydrogens is 925 g/mol. The minimum absolute atomic E-state index is 0.888. The number of anilines is 3. The lowest BCUT2D eigenvalue weighted by Crippen LogP contribution is -2.09. The summed E-state index contributed by atoms with van der Waals surface area (Å²) in [5, 5.41) is 6.76. The van der Waals surface area contributed by atoms with Crippen LogP contribution in [0.2, 0.25) is 0 Å². The van der Waals surface area contributed by atoms with Gasteiger partial charge in [-0.25, -0.2) is 0 Å². The predicted octanol–water partition coefficient (Wildman–Crippen LogP) is 20.4. The average Bonchev–Trinajstić information content (AvgIpc) is 4.25. The Hall–Kier alpha value is -10.2. The molecule has 3 heterocycles. The van der Waals surface area contributed by atoms with Crippen molar-refractivity contribution in [1.82, 2.24) is 4.57 Å². The second kappa shape index (κ2) is 17.8. The molecule has 0 amide bonds. The highest BCUT2D eigenvalue weighted by atomic mass is 16.3. The number of furan rings is 2. The zero-order chi connectivity index (χ0) is 50.1. The van der Waals surface area contributed by atoms with Crippen molar-refractivity contribution in [2.24, 2.45) is 0 Å². The molecular formula is C72H46N2O2. The molecule has 0 unspecified atom stereocenters. The smallest absolute Gasteiger partial charge is 0.143 e. The van der Waals surface area contributed by atoms with Crippen LogP contribution in [0.25, 0.3) is 127 Å². The minimum atomic E-state index is 0.888. The Morgan fingerprint density at radius 2 is 0.618 bits per heavy atom. The lowest BCUT2D eigenvalue weighted by atomic mass is 9.98. The maximum Gasteiger partial charge on any atom is 0.143 e.